The maximum Gasteiger partial charge on any atom is 0.0587 e. The number of aliphatic hydroxyl groups excluding tert-OH is 1. The Bertz CT molecular complexity index is 516. The molecule has 0 amide bonds. The van der Waals surface area contributed by atoms with Crippen LogP contribution in [0.4, 0.5) is 0 Å². The normalized spacial score (nSPS) is 17.8. The van der Waals surface area contributed by atoms with Crippen LogP contribution >= 0.6 is 0 Å². The van der Waals surface area contributed by atoms with Crippen LogP contribution in [0.15, 0.2) is 30.5 Å². The monoisotopic (exact) mass is 244 g/mol. The predicted octanol–water partition coefficient (Wildman–Crippen LogP) is 2.21. The third kappa shape index (κ3) is 2.28. The van der Waals surface area contributed by atoms with E-state index in [1.165, 1.54) is 35.7 Å². The van der Waals surface area contributed by atoms with Gasteiger partial charge in [-0.15, -0.1) is 0 Å². The van der Waals surface area contributed by atoms with Gasteiger partial charge < -0.3 is 15.4 Å². The molecule has 0 saturated heterocycles. The van der Waals surface area contributed by atoms with Crippen molar-refractivity contribution >= 4 is 10.9 Å². The number of nitrogens with one attached hydrogen (secondary N) is 2. The Morgan fingerprint density at radius 2 is 2.17 bits per heavy atom. The number of para-hydroxylation sites is 1. The SMILES string of the molecule is OCC(Cc1c[nH]c2ccccc12)NC1CCC1. The summed E-state index contributed by atoms with van der Waals surface area (Å²) in [5, 5.41) is 14.3. The summed E-state index contributed by atoms with van der Waals surface area (Å²) in [5.41, 5.74) is 2.46. The molecule has 0 spiro atoms. The molecule has 2 aromatic rings. The van der Waals surface area contributed by atoms with Crippen LogP contribution in [-0.2, 0) is 6.42 Å². The Kier molecular flexibility index (Phi) is 3.35. The van der Waals surface area contributed by atoms with E-state index >= 15 is 0 Å². The maximum atomic E-state index is 9.49. The number of rotatable bonds is 5. The van der Waals surface area contributed by atoms with Crippen LogP contribution < -0.4 is 5.32 Å². The van der Waals surface area contributed by atoms with Crippen molar-refractivity contribution in [2.24, 2.45) is 0 Å². The average molecular weight is 244 g/mol. The molecular formula is C15H20N2O. The maximum absolute atomic E-state index is 9.49. The molecule has 96 valence electrons. The lowest BCUT2D eigenvalue weighted by Gasteiger charge is -2.30. The van der Waals surface area contributed by atoms with E-state index < -0.39 is 0 Å². The molecule has 3 rings (SSSR count). The largest absolute Gasteiger partial charge is 0.395 e. The van der Waals surface area contributed by atoms with Gasteiger partial charge in [0, 0.05) is 29.2 Å². The second-order valence-corrected chi connectivity index (χ2v) is 5.24. The number of hydrogen-bond donors (Lipinski definition) is 3. The first kappa shape index (κ1) is 11.8. The lowest BCUT2D eigenvalue weighted by atomic mass is 9.91. The molecule has 1 aliphatic carbocycles. The minimum atomic E-state index is 0.175. The topological polar surface area (TPSA) is 48.0 Å². The summed E-state index contributed by atoms with van der Waals surface area (Å²) < 4.78 is 0. The van der Waals surface area contributed by atoms with Crippen LogP contribution in [-0.4, -0.2) is 28.8 Å². The number of hydrogen-bond acceptors (Lipinski definition) is 2. The van der Waals surface area contributed by atoms with E-state index in [2.05, 4.69) is 34.7 Å². The standard InChI is InChI=1S/C15H20N2O/c18-10-13(17-12-4-3-5-12)8-11-9-16-15-7-2-1-6-14(11)15/h1-2,6-7,9,12-13,16-18H,3-5,8,10H2. The first-order valence-electron chi connectivity index (χ1n) is 6.78. The Morgan fingerprint density at radius 1 is 1.33 bits per heavy atom. The van der Waals surface area contributed by atoms with Gasteiger partial charge in [-0.25, -0.2) is 0 Å². The first-order valence-corrected chi connectivity index (χ1v) is 6.78. The van der Waals surface area contributed by atoms with E-state index in [0.29, 0.717) is 6.04 Å². The summed E-state index contributed by atoms with van der Waals surface area (Å²) in [5.74, 6) is 0. The molecule has 18 heavy (non-hydrogen) atoms. The van der Waals surface area contributed by atoms with Crippen molar-refractivity contribution in [1.82, 2.24) is 10.3 Å². The van der Waals surface area contributed by atoms with Gasteiger partial charge in [0.1, 0.15) is 0 Å². The third-order valence-electron chi connectivity index (χ3n) is 3.94. The van der Waals surface area contributed by atoms with Gasteiger partial charge >= 0.3 is 0 Å². The summed E-state index contributed by atoms with van der Waals surface area (Å²) in [7, 11) is 0. The number of benzene rings is 1. The molecule has 1 saturated carbocycles. The summed E-state index contributed by atoms with van der Waals surface area (Å²) in [4.78, 5) is 3.29. The number of fused-ring (bicyclic) bond motifs is 1. The summed E-state index contributed by atoms with van der Waals surface area (Å²) in [6.07, 6.45) is 6.78. The smallest absolute Gasteiger partial charge is 0.0587 e. The zero-order valence-corrected chi connectivity index (χ0v) is 10.5. The van der Waals surface area contributed by atoms with E-state index in [1.54, 1.807) is 0 Å². The van der Waals surface area contributed by atoms with Gasteiger partial charge in [-0.05, 0) is 30.9 Å². The molecule has 1 unspecified atom stereocenters. The van der Waals surface area contributed by atoms with Crippen LogP contribution in [0.5, 0.6) is 0 Å². The first-order chi connectivity index (χ1) is 8.86. The van der Waals surface area contributed by atoms with E-state index in [4.69, 9.17) is 0 Å². The van der Waals surface area contributed by atoms with Crippen molar-refractivity contribution in [3.63, 3.8) is 0 Å². The number of aromatic amines is 1. The van der Waals surface area contributed by atoms with E-state index in [1.807, 2.05) is 6.07 Å². The Hall–Kier alpha value is -1.32. The van der Waals surface area contributed by atoms with Gasteiger partial charge in [-0.3, -0.25) is 0 Å². The van der Waals surface area contributed by atoms with Gasteiger partial charge in [0.2, 0.25) is 0 Å². The van der Waals surface area contributed by atoms with Crippen molar-refractivity contribution in [1.29, 1.82) is 0 Å². The Labute approximate surface area is 107 Å². The highest BCUT2D eigenvalue weighted by molar-refractivity contribution is 5.83. The lowest BCUT2D eigenvalue weighted by molar-refractivity contribution is 0.207. The van der Waals surface area contributed by atoms with E-state index in [9.17, 15) is 5.11 Å². The Balaban J connectivity index is 1.73. The molecule has 1 aromatic heterocycles. The second kappa shape index (κ2) is 5.12. The van der Waals surface area contributed by atoms with Crippen molar-refractivity contribution in [3.8, 4) is 0 Å². The molecule has 0 aliphatic heterocycles. The van der Waals surface area contributed by atoms with Crippen molar-refractivity contribution in [2.45, 2.75) is 37.8 Å². The molecular weight excluding hydrogens is 224 g/mol. The zero-order chi connectivity index (χ0) is 12.4. The fourth-order valence-electron chi connectivity index (χ4n) is 2.65. The molecule has 1 heterocycles. The van der Waals surface area contributed by atoms with Gasteiger partial charge in [0.05, 0.1) is 6.61 Å². The quantitative estimate of drug-likeness (QED) is 0.755. The third-order valence-corrected chi connectivity index (χ3v) is 3.94. The van der Waals surface area contributed by atoms with E-state index in [-0.39, 0.29) is 12.6 Å². The van der Waals surface area contributed by atoms with Crippen molar-refractivity contribution in [2.75, 3.05) is 6.61 Å². The summed E-state index contributed by atoms with van der Waals surface area (Å²) in [6, 6.07) is 9.12. The van der Waals surface area contributed by atoms with E-state index in [0.717, 1.165) is 6.42 Å². The van der Waals surface area contributed by atoms with Gasteiger partial charge in [0.15, 0.2) is 0 Å². The summed E-state index contributed by atoms with van der Waals surface area (Å²) >= 11 is 0. The molecule has 3 nitrogen and oxygen atoms in total. The van der Waals surface area contributed by atoms with Gasteiger partial charge in [-0.2, -0.15) is 0 Å². The van der Waals surface area contributed by atoms with Crippen LogP contribution in [0.25, 0.3) is 10.9 Å². The van der Waals surface area contributed by atoms with Crippen molar-refractivity contribution < 1.29 is 5.11 Å². The lowest BCUT2D eigenvalue weighted by Crippen LogP contribution is -2.45. The molecule has 1 aliphatic rings. The number of H-pyrrole nitrogens is 1. The zero-order valence-electron chi connectivity index (χ0n) is 10.5. The molecule has 1 atom stereocenters. The molecule has 0 bridgehead atoms. The second-order valence-electron chi connectivity index (χ2n) is 5.24. The summed E-state index contributed by atoms with van der Waals surface area (Å²) in [6.45, 7) is 0.204. The van der Waals surface area contributed by atoms with Crippen LogP contribution in [0.3, 0.4) is 0 Å². The van der Waals surface area contributed by atoms with Crippen molar-refractivity contribution in [3.05, 3.63) is 36.0 Å². The minimum Gasteiger partial charge on any atom is -0.395 e. The molecule has 3 N–H and O–H groups in total. The van der Waals surface area contributed by atoms with Crippen LogP contribution in [0, 0.1) is 0 Å². The number of aromatic nitrogens is 1. The van der Waals surface area contributed by atoms with Gasteiger partial charge in [-0.1, -0.05) is 24.6 Å². The van der Waals surface area contributed by atoms with Crippen LogP contribution in [0.2, 0.25) is 0 Å². The highest BCUT2D eigenvalue weighted by atomic mass is 16.3. The Morgan fingerprint density at radius 3 is 2.89 bits per heavy atom. The molecule has 0 radical (unpaired) electrons. The highest BCUT2D eigenvalue weighted by Gasteiger charge is 2.21. The highest BCUT2D eigenvalue weighted by Crippen LogP contribution is 2.22. The predicted molar refractivity (Wildman–Crippen MR) is 73.7 cm³/mol. The fourth-order valence-corrected chi connectivity index (χ4v) is 2.65. The minimum absolute atomic E-state index is 0.175. The molecule has 1 aromatic carbocycles. The van der Waals surface area contributed by atoms with Gasteiger partial charge in [0.25, 0.3) is 0 Å². The number of aliphatic hydroxyl groups is 1. The molecule has 1 fully saturated rings. The van der Waals surface area contributed by atoms with Crippen LogP contribution in [0.1, 0.15) is 24.8 Å². The molecule has 3 heteroatoms. The average Bonchev–Trinajstić information content (AvgIpc) is 2.75. The fraction of sp³-hybridized carbons (Fsp3) is 0.467.